The van der Waals surface area contributed by atoms with Crippen LogP contribution in [0.3, 0.4) is 0 Å². The molecule has 1 aliphatic carbocycles. The molecular formula is C23H25N7. The SMILES string of the molecule is Cn1cc(-c2cccc(-c3ncc(-c4cnn(C5CCCC(N)C5)c4)cn3)c2)cn1. The minimum Gasteiger partial charge on any atom is -0.328 e. The van der Waals surface area contributed by atoms with Crippen LogP contribution in [0.4, 0.5) is 0 Å². The number of hydrogen-bond acceptors (Lipinski definition) is 5. The molecule has 2 atom stereocenters. The van der Waals surface area contributed by atoms with Gasteiger partial charge < -0.3 is 5.73 Å². The largest absolute Gasteiger partial charge is 0.328 e. The minimum atomic E-state index is 0.279. The van der Waals surface area contributed by atoms with Crippen molar-refractivity contribution in [1.29, 1.82) is 0 Å². The number of nitrogens with zero attached hydrogens (tertiary/aromatic N) is 6. The molecule has 7 heteroatoms. The van der Waals surface area contributed by atoms with Gasteiger partial charge in [-0.25, -0.2) is 9.97 Å². The smallest absolute Gasteiger partial charge is 0.159 e. The summed E-state index contributed by atoms with van der Waals surface area (Å²) in [4.78, 5) is 9.22. The standard InChI is InChI=1S/C23H25N7/c1-29-14-19(12-27-29)16-4-2-5-17(8-16)23-25-10-18(11-26-23)20-13-28-30(15-20)22-7-3-6-21(24)9-22/h2,4-5,8,10-15,21-22H,3,6-7,9,24H2,1H3. The Morgan fingerprint density at radius 1 is 0.867 bits per heavy atom. The van der Waals surface area contributed by atoms with Crippen LogP contribution in [-0.2, 0) is 7.05 Å². The number of aromatic nitrogens is 6. The summed E-state index contributed by atoms with van der Waals surface area (Å²) in [6.45, 7) is 0. The van der Waals surface area contributed by atoms with Gasteiger partial charge >= 0.3 is 0 Å². The number of benzene rings is 1. The van der Waals surface area contributed by atoms with Crippen molar-refractivity contribution in [2.45, 2.75) is 37.8 Å². The maximum atomic E-state index is 6.14. The Labute approximate surface area is 175 Å². The third-order valence-corrected chi connectivity index (χ3v) is 5.81. The first-order valence-electron chi connectivity index (χ1n) is 10.4. The molecule has 0 bridgehead atoms. The molecule has 7 nitrogen and oxygen atoms in total. The summed E-state index contributed by atoms with van der Waals surface area (Å²) in [6, 6.07) is 8.88. The topological polar surface area (TPSA) is 87.4 Å². The lowest BCUT2D eigenvalue weighted by Crippen LogP contribution is -2.29. The molecule has 3 aromatic heterocycles. The second-order valence-corrected chi connectivity index (χ2v) is 8.07. The molecule has 1 saturated carbocycles. The van der Waals surface area contributed by atoms with Crippen molar-refractivity contribution in [2.24, 2.45) is 12.8 Å². The van der Waals surface area contributed by atoms with Crippen LogP contribution in [0.2, 0.25) is 0 Å². The molecule has 2 N–H and O–H groups in total. The van der Waals surface area contributed by atoms with E-state index in [2.05, 4.69) is 43.2 Å². The molecule has 1 aliphatic rings. The summed E-state index contributed by atoms with van der Waals surface area (Å²) in [6.07, 6.45) is 16.0. The van der Waals surface area contributed by atoms with E-state index in [0.29, 0.717) is 11.9 Å². The molecule has 3 heterocycles. The first kappa shape index (κ1) is 18.7. The van der Waals surface area contributed by atoms with Crippen molar-refractivity contribution in [2.75, 3.05) is 0 Å². The zero-order chi connectivity index (χ0) is 20.5. The average molecular weight is 400 g/mol. The van der Waals surface area contributed by atoms with Gasteiger partial charge in [-0.05, 0) is 37.3 Å². The summed E-state index contributed by atoms with van der Waals surface area (Å²) in [5.74, 6) is 0.704. The Balaban J connectivity index is 1.36. The Kier molecular flexibility index (Phi) is 4.88. The summed E-state index contributed by atoms with van der Waals surface area (Å²) in [5, 5.41) is 8.83. The molecule has 0 saturated heterocycles. The van der Waals surface area contributed by atoms with Crippen LogP contribution in [0.25, 0.3) is 33.6 Å². The van der Waals surface area contributed by atoms with Gasteiger partial charge in [-0.15, -0.1) is 0 Å². The van der Waals surface area contributed by atoms with Gasteiger partial charge in [0.15, 0.2) is 5.82 Å². The number of hydrogen-bond donors (Lipinski definition) is 1. The van der Waals surface area contributed by atoms with Crippen LogP contribution in [0.5, 0.6) is 0 Å². The Hall–Kier alpha value is -3.32. The maximum absolute atomic E-state index is 6.14. The fourth-order valence-electron chi connectivity index (χ4n) is 4.16. The van der Waals surface area contributed by atoms with Gasteiger partial charge in [-0.2, -0.15) is 10.2 Å². The van der Waals surface area contributed by atoms with Gasteiger partial charge in [0.05, 0.1) is 18.4 Å². The van der Waals surface area contributed by atoms with Gasteiger partial charge in [0.1, 0.15) is 0 Å². The molecule has 2 unspecified atom stereocenters. The van der Waals surface area contributed by atoms with Crippen molar-refractivity contribution in [3.8, 4) is 33.6 Å². The summed E-state index contributed by atoms with van der Waals surface area (Å²) < 4.78 is 3.86. The molecule has 0 spiro atoms. The molecule has 0 radical (unpaired) electrons. The van der Waals surface area contributed by atoms with Crippen LogP contribution < -0.4 is 5.73 Å². The fourth-order valence-corrected chi connectivity index (χ4v) is 4.16. The lowest BCUT2D eigenvalue weighted by Gasteiger charge is -2.26. The van der Waals surface area contributed by atoms with E-state index in [1.165, 1.54) is 0 Å². The predicted octanol–water partition coefficient (Wildman–Crippen LogP) is 3.85. The number of rotatable bonds is 4. The van der Waals surface area contributed by atoms with Crippen molar-refractivity contribution in [1.82, 2.24) is 29.5 Å². The molecular weight excluding hydrogens is 374 g/mol. The molecule has 0 amide bonds. The van der Waals surface area contributed by atoms with Crippen molar-refractivity contribution in [3.63, 3.8) is 0 Å². The van der Waals surface area contributed by atoms with E-state index < -0.39 is 0 Å². The van der Waals surface area contributed by atoms with Crippen LogP contribution >= 0.6 is 0 Å². The molecule has 1 aromatic carbocycles. The lowest BCUT2D eigenvalue weighted by molar-refractivity contribution is 0.300. The molecule has 152 valence electrons. The highest BCUT2D eigenvalue weighted by Crippen LogP contribution is 2.29. The van der Waals surface area contributed by atoms with E-state index in [1.54, 1.807) is 4.68 Å². The Morgan fingerprint density at radius 3 is 2.40 bits per heavy atom. The fraction of sp³-hybridized carbons (Fsp3) is 0.304. The second-order valence-electron chi connectivity index (χ2n) is 8.07. The van der Waals surface area contributed by atoms with Gasteiger partial charge in [0.25, 0.3) is 0 Å². The second kappa shape index (κ2) is 7.84. The normalized spacial score (nSPS) is 19.1. The summed E-state index contributed by atoms with van der Waals surface area (Å²) in [7, 11) is 1.92. The highest BCUT2D eigenvalue weighted by atomic mass is 15.3. The summed E-state index contributed by atoms with van der Waals surface area (Å²) >= 11 is 0. The van der Waals surface area contributed by atoms with E-state index in [9.17, 15) is 0 Å². The molecule has 4 aromatic rings. The van der Waals surface area contributed by atoms with E-state index in [0.717, 1.165) is 53.5 Å². The quantitative estimate of drug-likeness (QED) is 0.563. The predicted molar refractivity (Wildman–Crippen MR) is 116 cm³/mol. The first-order chi connectivity index (χ1) is 14.7. The van der Waals surface area contributed by atoms with E-state index in [4.69, 9.17) is 5.73 Å². The van der Waals surface area contributed by atoms with Gasteiger partial charge in [0.2, 0.25) is 0 Å². The molecule has 5 rings (SSSR count). The van der Waals surface area contributed by atoms with Gasteiger partial charge in [-0.1, -0.05) is 18.2 Å². The van der Waals surface area contributed by atoms with Crippen molar-refractivity contribution < 1.29 is 0 Å². The highest BCUT2D eigenvalue weighted by molar-refractivity contribution is 5.70. The van der Waals surface area contributed by atoms with Crippen LogP contribution in [0, 0.1) is 0 Å². The van der Waals surface area contributed by atoms with Crippen molar-refractivity contribution >= 4 is 0 Å². The zero-order valence-corrected chi connectivity index (χ0v) is 17.0. The van der Waals surface area contributed by atoms with Crippen LogP contribution in [-0.4, -0.2) is 35.6 Å². The number of nitrogens with two attached hydrogens (primary N) is 1. The number of aryl methyl sites for hydroxylation is 1. The lowest BCUT2D eigenvalue weighted by atomic mass is 9.92. The first-order valence-corrected chi connectivity index (χ1v) is 10.4. The third-order valence-electron chi connectivity index (χ3n) is 5.81. The molecule has 1 fully saturated rings. The highest BCUT2D eigenvalue weighted by Gasteiger charge is 2.21. The van der Waals surface area contributed by atoms with Crippen LogP contribution in [0.1, 0.15) is 31.7 Å². The maximum Gasteiger partial charge on any atom is 0.159 e. The third kappa shape index (κ3) is 3.76. The van der Waals surface area contributed by atoms with E-state index in [1.807, 2.05) is 50.2 Å². The van der Waals surface area contributed by atoms with Gasteiger partial charge in [-0.3, -0.25) is 9.36 Å². The summed E-state index contributed by atoms with van der Waals surface area (Å²) in [5.41, 5.74) is 11.3. The van der Waals surface area contributed by atoms with E-state index in [-0.39, 0.29) is 6.04 Å². The minimum absolute atomic E-state index is 0.279. The molecule has 0 aliphatic heterocycles. The van der Waals surface area contributed by atoms with E-state index >= 15 is 0 Å². The Morgan fingerprint density at radius 2 is 1.63 bits per heavy atom. The monoisotopic (exact) mass is 399 g/mol. The molecule has 30 heavy (non-hydrogen) atoms. The van der Waals surface area contributed by atoms with Crippen molar-refractivity contribution in [3.05, 3.63) is 61.4 Å². The average Bonchev–Trinajstić information content (AvgIpc) is 3.44. The van der Waals surface area contributed by atoms with Crippen LogP contribution in [0.15, 0.2) is 61.4 Å². The Bertz CT molecular complexity index is 1140. The van der Waals surface area contributed by atoms with Gasteiger partial charge in [0, 0.05) is 60.1 Å². The zero-order valence-electron chi connectivity index (χ0n) is 17.0.